The molecule has 2 atom stereocenters. The van der Waals surface area contributed by atoms with Crippen LogP contribution < -0.4 is 5.32 Å². The first kappa shape index (κ1) is 27.5. The average molecular weight is 521 g/mol. The fourth-order valence-electron chi connectivity index (χ4n) is 5.26. The Morgan fingerprint density at radius 1 is 1.24 bits per heavy atom. The first-order valence-electron chi connectivity index (χ1n) is 13.2. The number of nitrogens with zero attached hydrogens (tertiary/aromatic N) is 2. The second-order valence-corrected chi connectivity index (χ2v) is 10.7. The van der Waals surface area contributed by atoms with Crippen LogP contribution in [0.25, 0.3) is 11.6 Å². The fraction of sp³-hybridized carbons (Fsp3) is 0.433. The first-order chi connectivity index (χ1) is 18.0. The second kappa shape index (κ2) is 11.5. The number of ketones is 1. The highest BCUT2D eigenvalue weighted by Crippen LogP contribution is 2.36. The van der Waals surface area contributed by atoms with Crippen molar-refractivity contribution in [2.45, 2.75) is 52.0 Å². The van der Waals surface area contributed by atoms with E-state index in [1.54, 1.807) is 26.1 Å². The van der Waals surface area contributed by atoms with E-state index in [9.17, 15) is 18.8 Å². The first-order valence-corrected chi connectivity index (χ1v) is 13.2. The summed E-state index contributed by atoms with van der Waals surface area (Å²) in [6, 6.07) is 3.84. The van der Waals surface area contributed by atoms with Gasteiger partial charge in [0, 0.05) is 48.7 Å². The Morgan fingerprint density at radius 3 is 2.74 bits per heavy atom. The zero-order valence-corrected chi connectivity index (χ0v) is 22.9. The van der Waals surface area contributed by atoms with Gasteiger partial charge in [0.15, 0.2) is 5.78 Å². The van der Waals surface area contributed by atoms with Gasteiger partial charge in [-0.2, -0.15) is 0 Å². The van der Waals surface area contributed by atoms with Crippen molar-refractivity contribution in [3.8, 4) is 0 Å². The number of carbonyl (C=O) groups is 3. The van der Waals surface area contributed by atoms with Crippen LogP contribution in [0.4, 0.5) is 10.1 Å². The Bertz CT molecular complexity index is 1310. The van der Waals surface area contributed by atoms with Crippen LogP contribution in [0.3, 0.4) is 0 Å². The third-order valence-electron chi connectivity index (χ3n) is 7.78. The number of carbonyl (C=O) groups excluding carboxylic acids is 3. The van der Waals surface area contributed by atoms with Gasteiger partial charge in [0.25, 0.3) is 5.91 Å². The molecule has 0 spiro atoms. The molecule has 202 valence electrons. The summed E-state index contributed by atoms with van der Waals surface area (Å²) in [7, 11) is 5.54. The van der Waals surface area contributed by atoms with Crippen molar-refractivity contribution in [3.05, 3.63) is 64.2 Å². The Kier molecular flexibility index (Phi) is 8.31. The van der Waals surface area contributed by atoms with Crippen LogP contribution in [-0.2, 0) is 27.2 Å². The lowest BCUT2D eigenvalue weighted by Gasteiger charge is -2.25. The van der Waals surface area contributed by atoms with Gasteiger partial charge in [-0.25, -0.2) is 4.39 Å². The van der Waals surface area contributed by atoms with E-state index in [0.29, 0.717) is 35.7 Å². The third kappa shape index (κ3) is 5.96. The lowest BCUT2D eigenvalue weighted by molar-refractivity contribution is -0.134. The van der Waals surface area contributed by atoms with Crippen molar-refractivity contribution < 1.29 is 18.8 Å². The Labute approximate surface area is 223 Å². The highest BCUT2D eigenvalue weighted by Gasteiger charge is 2.28. The maximum atomic E-state index is 13.8. The SMILES string of the molecule is Cc1c(/C=C2\C(=O)Nc3ccc(F)cc32)[nH]c2c1CCC(CCC(=O)[C@H](C)N(C)C(=O)/C=C/CN(C)C)C2. The van der Waals surface area contributed by atoms with E-state index in [1.165, 1.54) is 28.7 Å². The molecule has 2 heterocycles. The lowest BCUT2D eigenvalue weighted by atomic mass is 9.83. The zero-order valence-electron chi connectivity index (χ0n) is 22.9. The summed E-state index contributed by atoms with van der Waals surface area (Å²) in [4.78, 5) is 44.8. The fourth-order valence-corrected chi connectivity index (χ4v) is 5.26. The molecule has 1 aliphatic carbocycles. The minimum Gasteiger partial charge on any atom is -0.358 e. The molecule has 1 aliphatic heterocycles. The standard InChI is InChI=1S/C30H37FN4O3/c1-18-22-11-8-20(9-13-28(36)19(2)35(5)29(37)7-6-14-34(3)4)15-27(22)32-26(18)17-24-23-16-21(31)10-12-25(23)33-30(24)38/h6-7,10,12,16-17,19-20,32H,8-9,11,13-15H2,1-5H3,(H,33,38)/b7-6+,24-17-/t19-,20?/m0/s1. The number of nitrogens with one attached hydrogen (secondary N) is 2. The van der Waals surface area contributed by atoms with Crippen LogP contribution in [0.15, 0.2) is 30.4 Å². The molecule has 0 saturated carbocycles. The molecule has 7 nitrogen and oxygen atoms in total. The van der Waals surface area contributed by atoms with E-state index in [-0.39, 0.29) is 23.4 Å². The molecule has 1 aromatic carbocycles. The van der Waals surface area contributed by atoms with Gasteiger partial charge in [-0.15, -0.1) is 0 Å². The number of aromatic nitrogens is 1. The summed E-state index contributed by atoms with van der Waals surface area (Å²) in [6.45, 7) is 4.50. The molecule has 2 aromatic rings. The molecule has 2 N–H and O–H groups in total. The lowest BCUT2D eigenvalue weighted by Crippen LogP contribution is -2.39. The smallest absolute Gasteiger partial charge is 0.256 e. The number of fused-ring (bicyclic) bond motifs is 2. The molecule has 0 bridgehead atoms. The topological polar surface area (TPSA) is 85.5 Å². The van der Waals surface area contributed by atoms with Gasteiger partial charge in [0.2, 0.25) is 5.91 Å². The van der Waals surface area contributed by atoms with E-state index >= 15 is 0 Å². The molecule has 38 heavy (non-hydrogen) atoms. The predicted molar refractivity (Wildman–Crippen MR) is 148 cm³/mol. The van der Waals surface area contributed by atoms with E-state index in [1.807, 2.05) is 32.0 Å². The maximum Gasteiger partial charge on any atom is 0.256 e. The minimum atomic E-state index is -0.470. The van der Waals surface area contributed by atoms with E-state index < -0.39 is 6.04 Å². The summed E-state index contributed by atoms with van der Waals surface area (Å²) in [5, 5.41) is 2.80. The minimum absolute atomic E-state index is 0.0684. The number of benzene rings is 1. The third-order valence-corrected chi connectivity index (χ3v) is 7.78. The number of rotatable bonds is 9. The number of Topliss-reactive ketones (excluding diaryl/α,β-unsaturated/α-hetero) is 1. The molecule has 1 unspecified atom stereocenters. The van der Waals surface area contributed by atoms with Crippen molar-refractivity contribution in [3.63, 3.8) is 0 Å². The van der Waals surface area contributed by atoms with Crippen LogP contribution in [0, 0.1) is 18.7 Å². The Morgan fingerprint density at radius 2 is 2.00 bits per heavy atom. The molecule has 0 saturated heterocycles. The average Bonchev–Trinajstić information content (AvgIpc) is 3.36. The summed E-state index contributed by atoms with van der Waals surface area (Å²) in [6.07, 6.45) is 9.06. The largest absolute Gasteiger partial charge is 0.358 e. The Hall–Kier alpha value is -3.52. The van der Waals surface area contributed by atoms with Crippen molar-refractivity contribution in [2.24, 2.45) is 5.92 Å². The van der Waals surface area contributed by atoms with Crippen LogP contribution in [0.5, 0.6) is 0 Å². The van der Waals surface area contributed by atoms with Crippen LogP contribution in [-0.4, -0.2) is 66.1 Å². The van der Waals surface area contributed by atoms with Gasteiger partial charge in [0.1, 0.15) is 5.82 Å². The monoisotopic (exact) mass is 520 g/mol. The number of amides is 2. The molecule has 0 fully saturated rings. The highest BCUT2D eigenvalue weighted by atomic mass is 19.1. The van der Waals surface area contributed by atoms with Crippen molar-refractivity contribution >= 4 is 34.9 Å². The van der Waals surface area contributed by atoms with Gasteiger partial charge >= 0.3 is 0 Å². The van der Waals surface area contributed by atoms with Crippen LogP contribution in [0.1, 0.15) is 54.3 Å². The number of aromatic amines is 1. The number of likely N-dealkylation sites (N-methyl/N-ethyl adjacent to an activating group) is 2. The molecule has 2 amide bonds. The summed E-state index contributed by atoms with van der Waals surface area (Å²) >= 11 is 0. The van der Waals surface area contributed by atoms with Gasteiger partial charge in [0.05, 0.1) is 11.6 Å². The van der Waals surface area contributed by atoms with E-state index in [4.69, 9.17) is 0 Å². The summed E-state index contributed by atoms with van der Waals surface area (Å²) in [5.41, 5.74) is 6.02. The Balaban J connectivity index is 1.38. The number of halogens is 1. The number of anilines is 1. The van der Waals surface area contributed by atoms with Gasteiger partial charge in [-0.1, -0.05) is 6.08 Å². The molecular weight excluding hydrogens is 483 g/mol. The summed E-state index contributed by atoms with van der Waals surface area (Å²) < 4.78 is 13.8. The predicted octanol–water partition coefficient (Wildman–Crippen LogP) is 4.37. The van der Waals surface area contributed by atoms with Gasteiger partial charge < -0.3 is 20.1 Å². The van der Waals surface area contributed by atoms with Gasteiger partial charge in [-0.05, 0) is 94.9 Å². The highest BCUT2D eigenvalue weighted by molar-refractivity contribution is 6.34. The van der Waals surface area contributed by atoms with Crippen molar-refractivity contribution in [2.75, 3.05) is 33.0 Å². The van der Waals surface area contributed by atoms with Crippen LogP contribution >= 0.6 is 0 Å². The maximum absolute atomic E-state index is 13.8. The molecule has 2 aliphatic rings. The molecule has 0 radical (unpaired) electrons. The number of hydrogen-bond acceptors (Lipinski definition) is 4. The quantitative estimate of drug-likeness (QED) is 0.481. The van der Waals surface area contributed by atoms with Gasteiger partial charge in [-0.3, -0.25) is 14.4 Å². The molecular formula is C30H37FN4O3. The summed E-state index contributed by atoms with van der Waals surface area (Å²) in [5.74, 6) is -0.349. The van der Waals surface area contributed by atoms with E-state index in [2.05, 4.69) is 10.3 Å². The molecule has 8 heteroatoms. The van der Waals surface area contributed by atoms with E-state index in [0.717, 1.165) is 42.6 Å². The molecule has 4 rings (SSSR count). The normalized spacial score (nSPS) is 18.6. The van der Waals surface area contributed by atoms with Crippen LogP contribution in [0.2, 0.25) is 0 Å². The van der Waals surface area contributed by atoms with Crippen molar-refractivity contribution in [1.29, 1.82) is 0 Å². The number of H-pyrrole nitrogens is 1. The molecule has 1 aromatic heterocycles. The number of hydrogen-bond donors (Lipinski definition) is 2. The second-order valence-electron chi connectivity index (χ2n) is 10.7. The van der Waals surface area contributed by atoms with Crippen molar-refractivity contribution in [1.82, 2.24) is 14.8 Å². The zero-order chi connectivity index (χ0) is 27.6.